The minimum Gasteiger partial charge on any atom is -0.362 e. The number of aromatic nitrogens is 2. The second-order valence-electron chi connectivity index (χ2n) is 5.76. The van der Waals surface area contributed by atoms with Gasteiger partial charge in [-0.3, -0.25) is 0 Å². The standard InChI is InChI=1S/C13H23N3/c1-9(2)10-11(13(3,4)5)14-8-15-12(10)16(6)7/h8-9H,1-7H3. The zero-order valence-corrected chi connectivity index (χ0v) is 11.5. The quantitative estimate of drug-likeness (QED) is 0.769. The first-order chi connectivity index (χ1) is 7.25. The number of anilines is 1. The molecule has 0 aromatic carbocycles. The number of hydrogen-bond acceptors (Lipinski definition) is 3. The third-order valence-corrected chi connectivity index (χ3v) is 2.57. The van der Waals surface area contributed by atoms with Gasteiger partial charge in [0.25, 0.3) is 0 Å². The van der Waals surface area contributed by atoms with E-state index in [1.54, 1.807) is 6.33 Å². The summed E-state index contributed by atoms with van der Waals surface area (Å²) in [5.74, 6) is 1.47. The molecule has 0 fully saturated rings. The van der Waals surface area contributed by atoms with Crippen molar-refractivity contribution in [1.82, 2.24) is 9.97 Å². The molecule has 0 saturated carbocycles. The largest absolute Gasteiger partial charge is 0.362 e. The van der Waals surface area contributed by atoms with Gasteiger partial charge < -0.3 is 4.90 Å². The van der Waals surface area contributed by atoms with Crippen LogP contribution in [0.2, 0.25) is 0 Å². The fourth-order valence-electron chi connectivity index (χ4n) is 1.87. The first-order valence-electron chi connectivity index (χ1n) is 5.78. The molecule has 3 nitrogen and oxygen atoms in total. The van der Waals surface area contributed by atoms with Crippen molar-refractivity contribution >= 4 is 5.82 Å². The smallest absolute Gasteiger partial charge is 0.135 e. The molecule has 0 N–H and O–H groups in total. The summed E-state index contributed by atoms with van der Waals surface area (Å²) < 4.78 is 0. The van der Waals surface area contributed by atoms with Gasteiger partial charge in [-0.1, -0.05) is 34.6 Å². The lowest BCUT2D eigenvalue weighted by atomic mass is 9.85. The molecule has 3 heteroatoms. The van der Waals surface area contributed by atoms with E-state index in [4.69, 9.17) is 0 Å². The Bertz CT molecular complexity index is 362. The maximum atomic E-state index is 4.48. The third-order valence-electron chi connectivity index (χ3n) is 2.57. The topological polar surface area (TPSA) is 29.0 Å². The molecule has 0 spiro atoms. The highest BCUT2D eigenvalue weighted by atomic mass is 15.1. The molecule has 1 rings (SSSR count). The maximum Gasteiger partial charge on any atom is 0.135 e. The van der Waals surface area contributed by atoms with Gasteiger partial charge >= 0.3 is 0 Å². The zero-order chi connectivity index (χ0) is 12.5. The Balaban J connectivity index is 3.45. The number of rotatable bonds is 2. The normalized spacial score (nSPS) is 12.0. The predicted octanol–water partition coefficient (Wildman–Crippen LogP) is 2.96. The molecule has 0 saturated heterocycles. The van der Waals surface area contributed by atoms with Crippen molar-refractivity contribution in [1.29, 1.82) is 0 Å². The summed E-state index contributed by atoms with van der Waals surface area (Å²) in [6.07, 6.45) is 1.67. The highest BCUT2D eigenvalue weighted by molar-refractivity contribution is 5.50. The summed E-state index contributed by atoms with van der Waals surface area (Å²) in [4.78, 5) is 10.9. The van der Waals surface area contributed by atoms with Gasteiger partial charge in [0.05, 0.1) is 5.69 Å². The molecule has 1 aromatic heterocycles. The Labute approximate surface area is 98.9 Å². The number of nitrogens with zero attached hydrogens (tertiary/aromatic N) is 3. The van der Waals surface area contributed by atoms with Crippen LogP contribution in [0.5, 0.6) is 0 Å². The van der Waals surface area contributed by atoms with E-state index in [9.17, 15) is 0 Å². The molecule has 0 atom stereocenters. The highest BCUT2D eigenvalue weighted by Gasteiger charge is 2.24. The maximum absolute atomic E-state index is 4.48. The molecule has 1 aromatic rings. The van der Waals surface area contributed by atoms with Crippen molar-refractivity contribution < 1.29 is 0 Å². The Kier molecular flexibility index (Phi) is 3.56. The molecule has 0 aliphatic carbocycles. The summed E-state index contributed by atoms with van der Waals surface area (Å²) in [5, 5.41) is 0. The minimum absolute atomic E-state index is 0.0628. The summed E-state index contributed by atoms with van der Waals surface area (Å²) in [5.41, 5.74) is 2.48. The van der Waals surface area contributed by atoms with Crippen LogP contribution >= 0.6 is 0 Å². The van der Waals surface area contributed by atoms with Crippen LogP contribution < -0.4 is 4.90 Å². The lowest BCUT2D eigenvalue weighted by molar-refractivity contribution is 0.552. The van der Waals surface area contributed by atoms with E-state index >= 15 is 0 Å². The first-order valence-corrected chi connectivity index (χ1v) is 5.78. The van der Waals surface area contributed by atoms with Crippen molar-refractivity contribution in [2.24, 2.45) is 0 Å². The zero-order valence-electron chi connectivity index (χ0n) is 11.5. The Morgan fingerprint density at radius 1 is 1.12 bits per heavy atom. The summed E-state index contributed by atoms with van der Waals surface area (Å²) in [7, 11) is 4.06. The monoisotopic (exact) mass is 221 g/mol. The second kappa shape index (κ2) is 4.40. The van der Waals surface area contributed by atoms with Gasteiger partial charge in [-0.25, -0.2) is 9.97 Å². The van der Waals surface area contributed by atoms with Crippen molar-refractivity contribution in [3.05, 3.63) is 17.6 Å². The highest BCUT2D eigenvalue weighted by Crippen LogP contribution is 2.33. The van der Waals surface area contributed by atoms with E-state index in [0.717, 1.165) is 11.5 Å². The Morgan fingerprint density at radius 2 is 1.69 bits per heavy atom. The van der Waals surface area contributed by atoms with Gasteiger partial charge in [-0.15, -0.1) is 0 Å². The van der Waals surface area contributed by atoms with Crippen molar-refractivity contribution in [2.75, 3.05) is 19.0 Å². The molecule has 0 bridgehead atoms. The van der Waals surface area contributed by atoms with Gasteiger partial charge in [-0.05, 0) is 5.92 Å². The van der Waals surface area contributed by atoms with Crippen molar-refractivity contribution in [2.45, 2.75) is 46.0 Å². The average Bonchev–Trinajstić information content (AvgIpc) is 2.14. The fourth-order valence-corrected chi connectivity index (χ4v) is 1.87. The van der Waals surface area contributed by atoms with Crippen molar-refractivity contribution in [3.63, 3.8) is 0 Å². The summed E-state index contributed by atoms with van der Waals surface area (Å²) >= 11 is 0. The van der Waals surface area contributed by atoms with Crippen LogP contribution in [0.25, 0.3) is 0 Å². The molecular formula is C13H23N3. The fraction of sp³-hybridized carbons (Fsp3) is 0.692. The van der Waals surface area contributed by atoms with E-state index in [1.165, 1.54) is 5.56 Å². The van der Waals surface area contributed by atoms with Crippen LogP contribution in [0.4, 0.5) is 5.82 Å². The van der Waals surface area contributed by atoms with Gasteiger partial charge in [0, 0.05) is 25.1 Å². The molecule has 0 unspecified atom stereocenters. The molecule has 16 heavy (non-hydrogen) atoms. The summed E-state index contributed by atoms with van der Waals surface area (Å²) in [6.45, 7) is 11.0. The Morgan fingerprint density at radius 3 is 2.06 bits per heavy atom. The van der Waals surface area contributed by atoms with Gasteiger partial charge in [0.2, 0.25) is 0 Å². The van der Waals surface area contributed by atoms with Gasteiger partial charge in [-0.2, -0.15) is 0 Å². The van der Waals surface area contributed by atoms with Gasteiger partial charge in [0.15, 0.2) is 0 Å². The van der Waals surface area contributed by atoms with Crippen LogP contribution in [0.15, 0.2) is 6.33 Å². The van der Waals surface area contributed by atoms with Crippen LogP contribution in [0.3, 0.4) is 0 Å². The minimum atomic E-state index is 0.0628. The average molecular weight is 221 g/mol. The van der Waals surface area contributed by atoms with E-state index in [0.29, 0.717) is 5.92 Å². The van der Waals surface area contributed by atoms with Crippen LogP contribution in [-0.4, -0.2) is 24.1 Å². The van der Waals surface area contributed by atoms with E-state index < -0.39 is 0 Å². The molecule has 0 aliphatic heterocycles. The molecule has 90 valence electrons. The van der Waals surface area contributed by atoms with E-state index in [2.05, 4.69) is 49.5 Å². The van der Waals surface area contributed by atoms with Crippen LogP contribution in [0.1, 0.15) is 51.8 Å². The molecule has 0 amide bonds. The van der Waals surface area contributed by atoms with E-state index in [1.807, 2.05) is 14.1 Å². The van der Waals surface area contributed by atoms with Gasteiger partial charge in [0.1, 0.15) is 12.1 Å². The predicted molar refractivity (Wildman–Crippen MR) is 69.1 cm³/mol. The lowest BCUT2D eigenvalue weighted by Gasteiger charge is -2.26. The van der Waals surface area contributed by atoms with Crippen molar-refractivity contribution in [3.8, 4) is 0 Å². The first kappa shape index (κ1) is 12.9. The molecule has 0 radical (unpaired) electrons. The van der Waals surface area contributed by atoms with Crippen LogP contribution in [-0.2, 0) is 5.41 Å². The third kappa shape index (κ3) is 2.52. The summed E-state index contributed by atoms with van der Waals surface area (Å²) in [6, 6.07) is 0. The molecule has 1 heterocycles. The molecular weight excluding hydrogens is 198 g/mol. The number of hydrogen-bond donors (Lipinski definition) is 0. The van der Waals surface area contributed by atoms with Crippen LogP contribution in [0, 0.1) is 0 Å². The lowest BCUT2D eigenvalue weighted by Crippen LogP contribution is -2.22. The van der Waals surface area contributed by atoms with E-state index in [-0.39, 0.29) is 5.41 Å². The molecule has 0 aliphatic rings. The Hall–Kier alpha value is -1.12. The SMILES string of the molecule is CC(C)c1c(N(C)C)ncnc1C(C)(C)C. The second-order valence-corrected chi connectivity index (χ2v) is 5.76.